The molecule has 0 saturated carbocycles. The Kier molecular flexibility index (Phi) is 7.05. The van der Waals surface area contributed by atoms with Crippen molar-refractivity contribution in [1.82, 2.24) is 9.88 Å². The maximum atomic E-state index is 12.7. The van der Waals surface area contributed by atoms with Gasteiger partial charge in [0.15, 0.2) is 0 Å². The molecule has 1 atom stereocenters. The molecule has 0 radical (unpaired) electrons. The summed E-state index contributed by atoms with van der Waals surface area (Å²) < 4.78 is 1.16. The zero-order chi connectivity index (χ0) is 24.2. The second kappa shape index (κ2) is 10.2. The molecule has 174 valence electrons. The number of carbonyl (C=O) groups is 2. The van der Waals surface area contributed by atoms with Crippen LogP contribution < -0.4 is 10.6 Å². The van der Waals surface area contributed by atoms with Gasteiger partial charge in [-0.1, -0.05) is 23.8 Å². The molecule has 0 spiro atoms. The van der Waals surface area contributed by atoms with Crippen LogP contribution >= 0.6 is 11.3 Å². The van der Waals surface area contributed by atoms with Crippen molar-refractivity contribution in [3.63, 3.8) is 0 Å². The van der Waals surface area contributed by atoms with Gasteiger partial charge < -0.3 is 10.6 Å². The topological polar surface area (TPSA) is 74.3 Å². The Bertz CT molecular complexity index is 1310. The number of carbonyl (C=O) groups excluding carboxylic acids is 2. The van der Waals surface area contributed by atoms with Crippen LogP contribution in [0, 0.1) is 13.8 Å². The summed E-state index contributed by atoms with van der Waals surface area (Å²) in [7, 11) is 1.76. The van der Waals surface area contributed by atoms with Crippen LogP contribution in [0.2, 0.25) is 0 Å². The van der Waals surface area contributed by atoms with Crippen LogP contribution in [0.5, 0.6) is 0 Å². The second-order valence-corrected chi connectivity index (χ2v) is 9.59. The Morgan fingerprint density at radius 1 is 0.912 bits per heavy atom. The van der Waals surface area contributed by atoms with Crippen molar-refractivity contribution in [2.24, 2.45) is 0 Å². The second-order valence-electron chi connectivity index (χ2n) is 8.56. The van der Waals surface area contributed by atoms with Gasteiger partial charge in [-0.25, -0.2) is 4.98 Å². The summed E-state index contributed by atoms with van der Waals surface area (Å²) in [5.41, 5.74) is 5.79. The number of aryl methyl sites for hydroxylation is 2. The van der Waals surface area contributed by atoms with Crippen molar-refractivity contribution in [2.45, 2.75) is 26.8 Å². The molecule has 0 aliphatic heterocycles. The van der Waals surface area contributed by atoms with E-state index in [1.54, 1.807) is 30.2 Å². The van der Waals surface area contributed by atoms with E-state index in [-0.39, 0.29) is 18.4 Å². The van der Waals surface area contributed by atoms with Crippen molar-refractivity contribution in [2.75, 3.05) is 24.2 Å². The van der Waals surface area contributed by atoms with Gasteiger partial charge in [-0.2, -0.15) is 0 Å². The Morgan fingerprint density at radius 2 is 1.53 bits per heavy atom. The number of thiazole rings is 1. The highest BCUT2D eigenvalue weighted by molar-refractivity contribution is 7.21. The highest BCUT2D eigenvalue weighted by Gasteiger charge is 2.20. The number of fused-ring (bicyclic) bond motifs is 1. The molecule has 1 aromatic heterocycles. The van der Waals surface area contributed by atoms with E-state index in [1.165, 1.54) is 5.56 Å². The zero-order valence-electron chi connectivity index (χ0n) is 19.8. The molecular formula is C27H28N4O2S. The molecule has 0 bridgehead atoms. The van der Waals surface area contributed by atoms with Crippen LogP contribution in [0.4, 0.5) is 11.4 Å². The largest absolute Gasteiger partial charge is 0.325 e. The first-order chi connectivity index (χ1) is 16.3. The summed E-state index contributed by atoms with van der Waals surface area (Å²) in [5, 5.41) is 6.75. The lowest BCUT2D eigenvalue weighted by molar-refractivity contribution is -0.122. The minimum Gasteiger partial charge on any atom is -0.325 e. The normalized spacial score (nSPS) is 12.0. The first-order valence-corrected chi connectivity index (χ1v) is 12.0. The van der Waals surface area contributed by atoms with E-state index >= 15 is 0 Å². The van der Waals surface area contributed by atoms with Crippen LogP contribution in [0.25, 0.3) is 20.8 Å². The molecule has 0 fully saturated rings. The Morgan fingerprint density at radius 3 is 2.24 bits per heavy atom. The van der Waals surface area contributed by atoms with Gasteiger partial charge in [-0.3, -0.25) is 14.5 Å². The molecule has 0 saturated heterocycles. The van der Waals surface area contributed by atoms with Crippen LogP contribution in [-0.4, -0.2) is 41.3 Å². The third-order valence-corrected chi connectivity index (χ3v) is 6.78. The van der Waals surface area contributed by atoms with Crippen LogP contribution in [0.15, 0.2) is 66.7 Å². The fraction of sp³-hybridized carbons (Fsp3) is 0.222. The van der Waals surface area contributed by atoms with E-state index in [4.69, 9.17) is 4.98 Å². The van der Waals surface area contributed by atoms with Gasteiger partial charge in [0.05, 0.1) is 22.8 Å². The molecule has 0 aliphatic rings. The van der Waals surface area contributed by atoms with Crippen LogP contribution in [0.1, 0.15) is 18.1 Å². The third kappa shape index (κ3) is 5.68. The first kappa shape index (κ1) is 23.6. The monoisotopic (exact) mass is 472 g/mol. The summed E-state index contributed by atoms with van der Waals surface area (Å²) in [6.07, 6.45) is 0. The first-order valence-electron chi connectivity index (χ1n) is 11.1. The van der Waals surface area contributed by atoms with Gasteiger partial charge in [-0.05, 0) is 81.9 Å². The van der Waals surface area contributed by atoms with Gasteiger partial charge in [0.2, 0.25) is 11.8 Å². The van der Waals surface area contributed by atoms with Gasteiger partial charge in [-0.15, -0.1) is 11.3 Å². The maximum Gasteiger partial charge on any atom is 0.241 e. The van der Waals surface area contributed by atoms with Gasteiger partial charge in [0.25, 0.3) is 0 Å². The van der Waals surface area contributed by atoms with Crippen LogP contribution in [0.3, 0.4) is 0 Å². The lowest BCUT2D eigenvalue weighted by atomic mass is 10.2. The molecule has 2 N–H and O–H groups in total. The zero-order valence-corrected chi connectivity index (χ0v) is 20.6. The van der Waals surface area contributed by atoms with Crippen molar-refractivity contribution in [3.8, 4) is 10.6 Å². The summed E-state index contributed by atoms with van der Waals surface area (Å²) in [6, 6.07) is 21.1. The minimum absolute atomic E-state index is 0.110. The Hall–Kier alpha value is -3.55. The lowest BCUT2D eigenvalue weighted by Crippen LogP contribution is -2.43. The van der Waals surface area contributed by atoms with Crippen molar-refractivity contribution < 1.29 is 9.59 Å². The molecule has 34 heavy (non-hydrogen) atoms. The summed E-state index contributed by atoms with van der Waals surface area (Å²) in [5.74, 6) is -0.338. The number of anilines is 2. The highest BCUT2D eigenvalue weighted by atomic mass is 32.1. The SMILES string of the molecule is Cc1ccc(NC(=O)CN(C)[C@@H](C)C(=O)Nc2ccc(-c3nc4ccc(C)cc4s3)cc2)cc1. The van der Waals surface area contributed by atoms with Crippen molar-refractivity contribution in [1.29, 1.82) is 0 Å². The van der Waals surface area contributed by atoms with E-state index in [0.29, 0.717) is 5.69 Å². The molecule has 0 unspecified atom stereocenters. The smallest absolute Gasteiger partial charge is 0.241 e. The van der Waals surface area contributed by atoms with E-state index < -0.39 is 6.04 Å². The molecule has 2 amide bonds. The summed E-state index contributed by atoms with van der Waals surface area (Å²) in [4.78, 5) is 31.5. The average molecular weight is 473 g/mol. The van der Waals surface area contributed by atoms with Gasteiger partial charge in [0.1, 0.15) is 5.01 Å². The molecule has 4 aromatic rings. The molecule has 1 heterocycles. The number of benzene rings is 3. The van der Waals surface area contributed by atoms with Crippen molar-refractivity contribution in [3.05, 3.63) is 77.9 Å². The van der Waals surface area contributed by atoms with Gasteiger partial charge in [0, 0.05) is 16.9 Å². The molecule has 4 rings (SSSR count). The molecule has 3 aromatic carbocycles. The quantitative estimate of drug-likeness (QED) is 0.374. The van der Waals surface area contributed by atoms with E-state index in [0.717, 1.165) is 32.0 Å². The van der Waals surface area contributed by atoms with Gasteiger partial charge >= 0.3 is 0 Å². The standard InChI is InChI=1S/C27H28N4O2S/c1-17-5-10-21(11-6-17)28-25(32)16-31(4)19(3)26(33)29-22-12-8-20(9-13-22)27-30-23-14-7-18(2)15-24(23)34-27/h5-15,19H,16H2,1-4H3,(H,28,32)(H,29,33)/t19-/m0/s1. The van der Waals surface area contributed by atoms with E-state index in [9.17, 15) is 9.59 Å². The van der Waals surface area contributed by atoms with Crippen molar-refractivity contribution >= 4 is 44.7 Å². The number of aromatic nitrogens is 1. The third-order valence-electron chi connectivity index (χ3n) is 5.71. The summed E-state index contributed by atoms with van der Waals surface area (Å²) >= 11 is 1.66. The number of likely N-dealkylation sites (N-methyl/N-ethyl adjacent to an activating group) is 1. The predicted octanol–water partition coefficient (Wildman–Crippen LogP) is 5.48. The number of amides is 2. The number of nitrogens with zero attached hydrogens (tertiary/aromatic N) is 2. The molecule has 0 aliphatic carbocycles. The number of nitrogens with one attached hydrogen (secondary N) is 2. The maximum absolute atomic E-state index is 12.7. The fourth-order valence-corrected chi connectivity index (χ4v) is 4.57. The highest BCUT2D eigenvalue weighted by Crippen LogP contribution is 2.31. The van der Waals surface area contributed by atoms with Crippen LogP contribution in [-0.2, 0) is 9.59 Å². The van der Waals surface area contributed by atoms with E-state index in [2.05, 4.69) is 29.7 Å². The number of hydrogen-bond acceptors (Lipinski definition) is 5. The predicted molar refractivity (Wildman–Crippen MR) is 140 cm³/mol. The molecule has 7 heteroatoms. The average Bonchev–Trinajstić information content (AvgIpc) is 3.23. The van der Waals surface area contributed by atoms with E-state index in [1.807, 2.05) is 61.5 Å². The molecule has 6 nitrogen and oxygen atoms in total. The number of hydrogen-bond donors (Lipinski definition) is 2. The number of rotatable bonds is 7. The summed E-state index contributed by atoms with van der Waals surface area (Å²) in [6.45, 7) is 5.96. The lowest BCUT2D eigenvalue weighted by Gasteiger charge is -2.23. The fourth-order valence-electron chi connectivity index (χ4n) is 3.50. The minimum atomic E-state index is -0.476. The Balaban J connectivity index is 1.33. The molecular weight excluding hydrogens is 444 g/mol. The Labute approximate surface area is 203 Å².